The molecule has 2 aromatic heterocycles. The molecular formula is C13H15N5. The predicted molar refractivity (Wildman–Crippen MR) is 69.9 cm³/mol. The first kappa shape index (κ1) is 11.0. The molecule has 0 aliphatic carbocycles. The maximum atomic E-state index is 4.14. The van der Waals surface area contributed by atoms with Gasteiger partial charge in [-0.25, -0.2) is 4.98 Å². The predicted octanol–water partition coefficient (Wildman–Crippen LogP) is 2.14. The molecule has 5 nitrogen and oxygen atoms in total. The highest BCUT2D eigenvalue weighted by atomic mass is 15.2. The molecule has 3 N–H and O–H groups in total. The summed E-state index contributed by atoms with van der Waals surface area (Å²) in [5.74, 6) is 0.855. The van der Waals surface area contributed by atoms with Gasteiger partial charge in [0.25, 0.3) is 0 Å². The Hall–Kier alpha value is -2.14. The number of nitrogens with one attached hydrogen (secondary N) is 3. The van der Waals surface area contributed by atoms with Crippen LogP contribution in [0.1, 0.15) is 24.4 Å². The van der Waals surface area contributed by atoms with Crippen molar-refractivity contribution in [3.63, 3.8) is 0 Å². The molecular weight excluding hydrogens is 226 g/mol. The Morgan fingerprint density at radius 3 is 3.11 bits per heavy atom. The monoisotopic (exact) mass is 241 g/mol. The molecule has 92 valence electrons. The average molecular weight is 241 g/mol. The van der Waals surface area contributed by atoms with E-state index in [1.165, 1.54) is 22.8 Å². The third-order valence-electron chi connectivity index (χ3n) is 3.12. The van der Waals surface area contributed by atoms with Crippen LogP contribution in [0.4, 0.5) is 0 Å². The maximum absolute atomic E-state index is 4.14. The summed E-state index contributed by atoms with van der Waals surface area (Å²) in [6.07, 6.45) is 3.49. The van der Waals surface area contributed by atoms with E-state index >= 15 is 0 Å². The van der Waals surface area contributed by atoms with E-state index in [0.29, 0.717) is 0 Å². The number of aromatic amines is 2. The van der Waals surface area contributed by atoms with Gasteiger partial charge in [0, 0.05) is 18.3 Å². The lowest BCUT2D eigenvalue weighted by Crippen LogP contribution is -2.19. The van der Waals surface area contributed by atoms with E-state index in [2.05, 4.69) is 56.7 Å². The molecule has 3 aromatic rings. The molecule has 1 aromatic carbocycles. The van der Waals surface area contributed by atoms with Crippen molar-refractivity contribution in [2.45, 2.75) is 19.5 Å². The van der Waals surface area contributed by atoms with Crippen molar-refractivity contribution >= 4 is 10.9 Å². The van der Waals surface area contributed by atoms with Gasteiger partial charge in [-0.05, 0) is 23.9 Å². The van der Waals surface area contributed by atoms with E-state index in [4.69, 9.17) is 0 Å². The van der Waals surface area contributed by atoms with Crippen molar-refractivity contribution in [3.05, 3.63) is 48.2 Å². The Morgan fingerprint density at radius 2 is 2.28 bits per heavy atom. The number of rotatable bonds is 4. The zero-order valence-electron chi connectivity index (χ0n) is 10.1. The summed E-state index contributed by atoms with van der Waals surface area (Å²) in [6.45, 7) is 2.86. The number of para-hydroxylation sites is 1. The molecule has 0 aliphatic heterocycles. The topological polar surface area (TPSA) is 69.4 Å². The van der Waals surface area contributed by atoms with Gasteiger partial charge in [-0.2, -0.15) is 5.10 Å². The van der Waals surface area contributed by atoms with Crippen LogP contribution in [0.2, 0.25) is 0 Å². The van der Waals surface area contributed by atoms with Crippen LogP contribution < -0.4 is 5.32 Å². The van der Waals surface area contributed by atoms with Crippen molar-refractivity contribution in [3.8, 4) is 0 Å². The van der Waals surface area contributed by atoms with Crippen LogP contribution >= 0.6 is 0 Å². The quantitative estimate of drug-likeness (QED) is 0.655. The Morgan fingerprint density at radius 1 is 1.33 bits per heavy atom. The standard InChI is InChI=1S/C13H15N5/c1-9(13-16-8-17-18-13)15-7-11-4-2-3-10-5-6-14-12(10)11/h2-6,8-9,14-15H,7H2,1H3,(H,16,17,18). The Balaban J connectivity index is 1.75. The molecule has 0 radical (unpaired) electrons. The molecule has 0 saturated heterocycles. The Labute approximate surface area is 105 Å². The number of fused-ring (bicyclic) bond motifs is 1. The molecule has 0 aliphatic rings. The molecule has 3 rings (SSSR count). The fourth-order valence-corrected chi connectivity index (χ4v) is 2.08. The van der Waals surface area contributed by atoms with E-state index in [1.54, 1.807) is 0 Å². The van der Waals surface area contributed by atoms with Gasteiger partial charge >= 0.3 is 0 Å². The third-order valence-corrected chi connectivity index (χ3v) is 3.12. The zero-order chi connectivity index (χ0) is 12.4. The second-order valence-corrected chi connectivity index (χ2v) is 4.33. The van der Waals surface area contributed by atoms with Gasteiger partial charge in [0.05, 0.1) is 6.04 Å². The highest BCUT2D eigenvalue weighted by Crippen LogP contribution is 2.17. The summed E-state index contributed by atoms with van der Waals surface area (Å²) >= 11 is 0. The Kier molecular flexibility index (Phi) is 2.82. The average Bonchev–Trinajstić information content (AvgIpc) is 3.05. The minimum absolute atomic E-state index is 0.151. The molecule has 0 fully saturated rings. The molecule has 18 heavy (non-hydrogen) atoms. The summed E-state index contributed by atoms with van der Waals surface area (Å²) < 4.78 is 0. The van der Waals surface area contributed by atoms with Crippen LogP contribution in [0.3, 0.4) is 0 Å². The van der Waals surface area contributed by atoms with E-state index in [9.17, 15) is 0 Å². The van der Waals surface area contributed by atoms with Crippen molar-refractivity contribution in [2.75, 3.05) is 0 Å². The molecule has 1 unspecified atom stereocenters. The summed E-state index contributed by atoms with van der Waals surface area (Å²) in [6, 6.07) is 8.54. The van der Waals surface area contributed by atoms with Crippen molar-refractivity contribution in [2.24, 2.45) is 0 Å². The van der Waals surface area contributed by atoms with Crippen LogP contribution in [-0.2, 0) is 6.54 Å². The fraction of sp³-hybridized carbons (Fsp3) is 0.231. The largest absolute Gasteiger partial charge is 0.361 e. The minimum atomic E-state index is 0.151. The molecule has 5 heteroatoms. The van der Waals surface area contributed by atoms with Crippen LogP contribution in [0.15, 0.2) is 36.8 Å². The highest BCUT2D eigenvalue weighted by Gasteiger charge is 2.08. The van der Waals surface area contributed by atoms with E-state index < -0.39 is 0 Å². The maximum Gasteiger partial charge on any atom is 0.141 e. The SMILES string of the molecule is CC(NCc1cccc2cc[nH]c12)c1ncn[nH]1. The van der Waals surface area contributed by atoms with Gasteiger partial charge in [0.15, 0.2) is 0 Å². The van der Waals surface area contributed by atoms with Gasteiger partial charge in [-0.15, -0.1) is 0 Å². The molecule has 0 bridgehead atoms. The van der Waals surface area contributed by atoms with Gasteiger partial charge in [0.2, 0.25) is 0 Å². The van der Waals surface area contributed by atoms with Gasteiger partial charge < -0.3 is 10.3 Å². The van der Waals surface area contributed by atoms with Gasteiger partial charge in [-0.3, -0.25) is 5.10 Å². The van der Waals surface area contributed by atoms with Crippen molar-refractivity contribution < 1.29 is 0 Å². The molecule has 2 heterocycles. The van der Waals surface area contributed by atoms with Gasteiger partial charge in [0.1, 0.15) is 12.2 Å². The minimum Gasteiger partial charge on any atom is -0.361 e. The number of nitrogens with zero attached hydrogens (tertiary/aromatic N) is 2. The van der Waals surface area contributed by atoms with Gasteiger partial charge in [-0.1, -0.05) is 18.2 Å². The normalized spacial score (nSPS) is 12.9. The molecule has 0 spiro atoms. The molecule has 0 amide bonds. The summed E-state index contributed by atoms with van der Waals surface area (Å²) in [4.78, 5) is 7.41. The highest BCUT2D eigenvalue weighted by molar-refractivity contribution is 5.82. The van der Waals surface area contributed by atoms with E-state index in [-0.39, 0.29) is 6.04 Å². The lowest BCUT2D eigenvalue weighted by Gasteiger charge is -2.11. The first-order valence-corrected chi connectivity index (χ1v) is 5.98. The second kappa shape index (κ2) is 4.62. The number of hydrogen-bond acceptors (Lipinski definition) is 3. The van der Waals surface area contributed by atoms with Crippen LogP contribution in [0, 0.1) is 0 Å². The van der Waals surface area contributed by atoms with Crippen molar-refractivity contribution in [1.82, 2.24) is 25.5 Å². The molecule has 1 atom stereocenters. The van der Waals surface area contributed by atoms with Crippen molar-refractivity contribution in [1.29, 1.82) is 0 Å². The second-order valence-electron chi connectivity index (χ2n) is 4.33. The van der Waals surface area contributed by atoms with E-state index in [1.807, 2.05) is 6.20 Å². The number of hydrogen-bond donors (Lipinski definition) is 3. The fourth-order valence-electron chi connectivity index (χ4n) is 2.08. The van der Waals surface area contributed by atoms with E-state index in [0.717, 1.165) is 12.4 Å². The summed E-state index contributed by atoms with van der Waals surface area (Å²) in [5, 5.41) is 11.4. The number of aromatic nitrogens is 4. The summed E-state index contributed by atoms with van der Waals surface area (Å²) in [5.41, 5.74) is 2.44. The van der Waals surface area contributed by atoms with Crippen LogP contribution in [0.5, 0.6) is 0 Å². The number of benzene rings is 1. The zero-order valence-corrected chi connectivity index (χ0v) is 10.1. The van der Waals surface area contributed by atoms with Crippen LogP contribution in [-0.4, -0.2) is 20.2 Å². The lowest BCUT2D eigenvalue weighted by molar-refractivity contribution is 0.549. The lowest BCUT2D eigenvalue weighted by atomic mass is 10.1. The first-order valence-electron chi connectivity index (χ1n) is 5.98. The Bertz CT molecular complexity index is 626. The number of H-pyrrole nitrogens is 2. The smallest absolute Gasteiger partial charge is 0.141 e. The van der Waals surface area contributed by atoms with Crippen LogP contribution in [0.25, 0.3) is 10.9 Å². The first-order chi connectivity index (χ1) is 8.84. The molecule has 0 saturated carbocycles. The summed E-state index contributed by atoms with van der Waals surface area (Å²) in [7, 11) is 0. The third kappa shape index (κ3) is 2.00.